The topological polar surface area (TPSA) is 41.6 Å². The van der Waals surface area contributed by atoms with Gasteiger partial charge in [-0.05, 0) is 47.5 Å². The van der Waals surface area contributed by atoms with Crippen LogP contribution in [0.2, 0.25) is 0 Å². The number of hydrogen-bond donors (Lipinski definition) is 1. The van der Waals surface area contributed by atoms with Crippen molar-refractivity contribution in [1.82, 2.24) is 15.0 Å². The Morgan fingerprint density at radius 3 is 2.75 bits per heavy atom. The molecule has 0 aliphatic carbocycles. The van der Waals surface area contributed by atoms with Crippen LogP contribution in [0, 0.1) is 18.5 Å². The lowest BCUT2D eigenvalue weighted by atomic mass is 10.2. The molecule has 0 aliphatic heterocycles. The number of H-pyrrole nitrogens is 1. The molecule has 1 N–H and O–H groups in total. The molecule has 0 radical (unpaired) electrons. The van der Waals surface area contributed by atoms with Crippen molar-refractivity contribution in [3.8, 4) is 11.5 Å². The van der Waals surface area contributed by atoms with Crippen LogP contribution < -0.4 is 0 Å². The van der Waals surface area contributed by atoms with Crippen LogP contribution in [0.5, 0.6) is 0 Å². The molecule has 0 fully saturated rings. The summed E-state index contributed by atoms with van der Waals surface area (Å²) in [5, 5.41) is 0. The molecular formula is C11H10BrN3S. The molecule has 2 aromatic rings. The molecular weight excluding hydrogens is 286 g/mol. The van der Waals surface area contributed by atoms with Gasteiger partial charge in [0.05, 0.1) is 4.47 Å². The van der Waals surface area contributed by atoms with E-state index >= 15 is 0 Å². The number of pyridine rings is 1. The van der Waals surface area contributed by atoms with Gasteiger partial charge in [-0.15, -0.1) is 0 Å². The van der Waals surface area contributed by atoms with E-state index in [1.165, 1.54) is 0 Å². The zero-order chi connectivity index (χ0) is 11.7. The van der Waals surface area contributed by atoms with Crippen molar-refractivity contribution in [2.45, 2.75) is 13.8 Å². The third kappa shape index (κ3) is 2.20. The van der Waals surface area contributed by atoms with Gasteiger partial charge in [0, 0.05) is 11.9 Å². The first kappa shape index (κ1) is 11.4. The molecule has 82 valence electrons. The number of aromatic amines is 1. The summed E-state index contributed by atoms with van der Waals surface area (Å²) in [5.41, 5.74) is 2.91. The maximum Gasteiger partial charge on any atom is 0.157 e. The molecule has 0 aromatic carbocycles. The Balaban J connectivity index is 2.61. The Morgan fingerprint density at radius 2 is 2.12 bits per heavy atom. The molecule has 0 amide bonds. The van der Waals surface area contributed by atoms with Crippen LogP contribution >= 0.6 is 28.1 Å². The van der Waals surface area contributed by atoms with E-state index in [2.05, 4.69) is 30.9 Å². The quantitative estimate of drug-likeness (QED) is 0.818. The van der Waals surface area contributed by atoms with E-state index in [0.717, 1.165) is 21.4 Å². The number of halogens is 1. The second kappa shape index (κ2) is 4.43. The van der Waals surface area contributed by atoms with E-state index in [-0.39, 0.29) is 0 Å². The third-order valence-electron chi connectivity index (χ3n) is 2.19. The van der Waals surface area contributed by atoms with Gasteiger partial charge in [-0.2, -0.15) is 0 Å². The molecule has 3 nitrogen and oxygen atoms in total. The van der Waals surface area contributed by atoms with Crippen molar-refractivity contribution >= 4 is 28.1 Å². The molecule has 0 saturated carbocycles. The normalized spacial score (nSPS) is 10.4. The SMILES string of the molecule is Cc1ccnc(-c2nc(=S)c(Br)c(C)[nH]2)c1. The molecule has 0 spiro atoms. The molecule has 0 unspecified atom stereocenters. The summed E-state index contributed by atoms with van der Waals surface area (Å²) in [6, 6.07) is 3.92. The van der Waals surface area contributed by atoms with Crippen molar-refractivity contribution in [3.05, 3.63) is 38.7 Å². The predicted octanol–water partition coefficient (Wildman–Crippen LogP) is 3.58. The number of aryl methyl sites for hydroxylation is 2. The molecule has 5 heteroatoms. The molecule has 0 bridgehead atoms. The summed E-state index contributed by atoms with van der Waals surface area (Å²) in [6.07, 6.45) is 1.76. The van der Waals surface area contributed by atoms with Crippen LogP contribution in [0.3, 0.4) is 0 Å². The van der Waals surface area contributed by atoms with Gasteiger partial charge in [0.2, 0.25) is 0 Å². The van der Waals surface area contributed by atoms with Crippen molar-refractivity contribution in [2.24, 2.45) is 0 Å². The Bertz CT molecular complexity index is 592. The van der Waals surface area contributed by atoms with Gasteiger partial charge in [0.15, 0.2) is 5.82 Å². The lowest BCUT2D eigenvalue weighted by molar-refractivity contribution is 1.06. The van der Waals surface area contributed by atoms with Crippen LogP contribution in [0.1, 0.15) is 11.3 Å². The minimum atomic E-state index is 0.551. The maximum atomic E-state index is 5.16. The molecule has 0 saturated heterocycles. The smallest absolute Gasteiger partial charge is 0.157 e. The number of hydrogen-bond acceptors (Lipinski definition) is 3. The molecule has 16 heavy (non-hydrogen) atoms. The fourth-order valence-corrected chi connectivity index (χ4v) is 1.79. The minimum absolute atomic E-state index is 0.551. The fourth-order valence-electron chi connectivity index (χ4n) is 1.36. The zero-order valence-corrected chi connectivity index (χ0v) is 11.3. The van der Waals surface area contributed by atoms with Crippen molar-refractivity contribution in [3.63, 3.8) is 0 Å². The highest BCUT2D eigenvalue weighted by Gasteiger charge is 2.05. The largest absolute Gasteiger partial charge is 0.341 e. The first-order valence-corrected chi connectivity index (χ1v) is 5.97. The Kier molecular flexibility index (Phi) is 3.16. The highest BCUT2D eigenvalue weighted by atomic mass is 79.9. The second-order valence-electron chi connectivity index (χ2n) is 3.55. The van der Waals surface area contributed by atoms with Crippen molar-refractivity contribution in [1.29, 1.82) is 0 Å². The lowest BCUT2D eigenvalue weighted by Crippen LogP contribution is -1.96. The number of rotatable bonds is 1. The minimum Gasteiger partial charge on any atom is -0.341 e. The van der Waals surface area contributed by atoms with Crippen molar-refractivity contribution in [2.75, 3.05) is 0 Å². The van der Waals surface area contributed by atoms with Gasteiger partial charge < -0.3 is 4.98 Å². The maximum absolute atomic E-state index is 5.16. The van der Waals surface area contributed by atoms with Gasteiger partial charge in [-0.3, -0.25) is 4.98 Å². The van der Waals surface area contributed by atoms with Crippen LogP contribution in [0.4, 0.5) is 0 Å². The Labute approximate surface area is 107 Å². The summed E-state index contributed by atoms with van der Waals surface area (Å²) in [4.78, 5) is 11.7. The lowest BCUT2D eigenvalue weighted by Gasteiger charge is -2.04. The summed E-state index contributed by atoms with van der Waals surface area (Å²) in [5.74, 6) is 0.703. The van der Waals surface area contributed by atoms with Gasteiger partial charge >= 0.3 is 0 Å². The number of nitrogens with one attached hydrogen (secondary N) is 1. The molecule has 2 rings (SSSR count). The van der Waals surface area contributed by atoms with Crippen LogP contribution in [0.15, 0.2) is 22.8 Å². The first-order chi connectivity index (χ1) is 7.58. The van der Waals surface area contributed by atoms with E-state index in [9.17, 15) is 0 Å². The van der Waals surface area contributed by atoms with Gasteiger partial charge in [0.25, 0.3) is 0 Å². The van der Waals surface area contributed by atoms with Crippen molar-refractivity contribution < 1.29 is 0 Å². The van der Waals surface area contributed by atoms with E-state index in [1.54, 1.807) is 6.20 Å². The summed E-state index contributed by atoms with van der Waals surface area (Å²) in [6.45, 7) is 3.96. The molecule has 2 aromatic heterocycles. The Hall–Kier alpha value is -1.07. The Morgan fingerprint density at radius 1 is 1.38 bits per heavy atom. The van der Waals surface area contributed by atoms with Gasteiger partial charge in [-0.1, -0.05) is 12.2 Å². The summed E-state index contributed by atoms with van der Waals surface area (Å²) >= 11 is 8.54. The first-order valence-electron chi connectivity index (χ1n) is 4.77. The number of nitrogens with zero attached hydrogens (tertiary/aromatic N) is 2. The van der Waals surface area contributed by atoms with E-state index in [4.69, 9.17) is 12.2 Å². The van der Waals surface area contributed by atoms with Gasteiger partial charge in [0.1, 0.15) is 10.3 Å². The molecule has 0 aliphatic rings. The number of aromatic nitrogens is 3. The summed E-state index contributed by atoms with van der Waals surface area (Å²) < 4.78 is 1.38. The highest BCUT2D eigenvalue weighted by Crippen LogP contribution is 2.19. The average Bonchev–Trinajstić information content (AvgIpc) is 2.25. The van der Waals surface area contributed by atoms with E-state index < -0.39 is 0 Å². The van der Waals surface area contributed by atoms with E-state index in [0.29, 0.717) is 10.5 Å². The summed E-state index contributed by atoms with van der Waals surface area (Å²) in [7, 11) is 0. The fraction of sp³-hybridized carbons (Fsp3) is 0.182. The molecule has 0 atom stereocenters. The second-order valence-corrected chi connectivity index (χ2v) is 4.73. The predicted molar refractivity (Wildman–Crippen MR) is 69.8 cm³/mol. The van der Waals surface area contributed by atoms with Crippen LogP contribution in [-0.4, -0.2) is 15.0 Å². The zero-order valence-electron chi connectivity index (χ0n) is 8.91. The molecule has 2 heterocycles. The average molecular weight is 296 g/mol. The standard InChI is InChI=1S/C11H10BrN3S/c1-6-3-4-13-8(5-6)10-14-7(2)9(12)11(16)15-10/h3-5H,1-2H3,(H,14,15,16). The monoisotopic (exact) mass is 295 g/mol. The van der Waals surface area contributed by atoms with Crippen LogP contribution in [0.25, 0.3) is 11.5 Å². The van der Waals surface area contributed by atoms with Crippen LogP contribution in [-0.2, 0) is 0 Å². The van der Waals surface area contributed by atoms with E-state index in [1.807, 2.05) is 26.0 Å². The third-order valence-corrected chi connectivity index (χ3v) is 3.72. The highest BCUT2D eigenvalue weighted by molar-refractivity contribution is 9.10. The van der Waals surface area contributed by atoms with Gasteiger partial charge in [-0.25, -0.2) is 4.98 Å².